The van der Waals surface area contributed by atoms with Gasteiger partial charge in [0.05, 0.1) is 0 Å². The number of fused-ring (bicyclic) bond motifs is 1. The van der Waals surface area contributed by atoms with Gasteiger partial charge in [-0.15, -0.1) is 24.0 Å². The topological polar surface area (TPSA) is 93.8 Å². The van der Waals surface area contributed by atoms with Crippen LogP contribution in [0.4, 0.5) is 0 Å². The maximum Gasteiger partial charge on any atom is 0.231 e. The summed E-state index contributed by atoms with van der Waals surface area (Å²) in [6.45, 7) is 1.48. The summed E-state index contributed by atoms with van der Waals surface area (Å²) in [4.78, 5) is 8.64. The number of hydrogen-bond acceptors (Lipinski definition) is 6. The maximum atomic E-state index is 5.90. The highest BCUT2D eigenvalue weighted by molar-refractivity contribution is 14.0. The molecule has 0 saturated carbocycles. The first-order chi connectivity index (χ1) is 14.2. The lowest BCUT2D eigenvalue weighted by Gasteiger charge is -2.11. The van der Waals surface area contributed by atoms with Crippen LogP contribution in [0.2, 0.25) is 5.02 Å². The summed E-state index contributed by atoms with van der Waals surface area (Å²) in [5, 5.41) is 11.2. The molecule has 0 atom stereocenters. The fourth-order valence-electron chi connectivity index (χ4n) is 2.82. The van der Waals surface area contributed by atoms with Gasteiger partial charge in [-0.1, -0.05) is 22.8 Å². The fraction of sp³-hybridized carbons (Fsp3) is 0.250. The van der Waals surface area contributed by atoms with Crippen LogP contribution in [0.1, 0.15) is 11.5 Å². The zero-order valence-electron chi connectivity index (χ0n) is 16.2. The molecule has 10 heteroatoms. The maximum absolute atomic E-state index is 5.90. The number of nitrogens with one attached hydrogen (secondary N) is 2. The van der Waals surface area contributed by atoms with E-state index < -0.39 is 0 Å². The Labute approximate surface area is 196 Å². The Morgan fingerprint density at radius 3 is 2.70 bits per heavy atom. The molecule has 0 radical (unpaired) electrons. The minimum absolute atomic E-state index is 0. The van der Waals surface area contributed by atoms with Crippen molar-refractivity contribution in [2.75, 3.05) is 20.4 Å². The molecule has 1 aliphatic heterocycles. The Bertz CT molecular complexity index is 1010. The summed E-state index contributed by atoms with van der Waals surface area (Å²) < 4.78 is 16.0. The van der Waals surface area contributed by atoms with E-state index in [2.05, 4.69) is 25.8 Å². The number of nitrogens with zero attached hydrogens (tertiary/aromatic N) is 3. The Balaban J connectivity index is 0.00000256. The molecule has 0 fully saturated rings. The summed E-state index contributed by atoms with van der Waals surface area (Å²) in [5.74, 6) is 3.31. The molecule has 1 aliphatic rings. The number of rotatable bonds is 6. The van der Waals surface area contributed by atoms with E-state index in [1.807, 2.05) is 30.3 Å². The lowest BCUT2D eigenvalue weighted by molar-refractivity contribution is 0.174. The number of benzene rings is 2. The molecule has 0 saturated heterocycles. The van der Waals surface area contributed by atoms with E-state index in [0.29, 0.717) is 42.2 Å². The first-order valence-electron chi connectivity index (χ1n) is 9.13. The third kappa shape index (κ3) is 5.54. The average Bonchev–Trinajstić information content (AvgIpc) is 3.40. The molecule has 3 aromatic rings. The summed E-state index contributed by atoms with van der Waals surface area (Å²) >= 11 is 5.90. The van der Waals surface area contributed by atoms with E-state index in [4.69, 9.17) is 25.6 Å². The zero-order valence-corrected chi connectivity index (χ0v) is 19.3. The second-order valence-electron chi connectivity index (χ2n) is 6.31. The monoisotopic (exact) mass is 541 g/mol. The largest absolute Gasteiger partial charge is 0.454 e. The van der Waals surface area contributed by atoms with Crippen LogP contribution in [0.5, 0.6) is 11.5 Å². The third-order valence-electron chi connectivity index (χ3n) is 4.32. The van der Waals surface area contributed by atoms with Gasteiger partial charge in [0.2, 0.25) is 18.5 Å². The number of aromatic nitrogens is 2. The average molecular weight is 542 g/mol. The smallest absolute Gasteiger partial charge is 0.231 e. The van der Waals surface area contributed by atoms with Gasteiger partial charge in [0.25, 0.3) is 0 Å². The number of ether oxygens (including phenoxy) is 2. The van der Waals surface area contributed by atoms with Crippen molar-refractivity contribution in [2.24, 2.45) is 4.99 Å². The van der Waals surface area contributed by atoms with Crippen molar-refractivity contribution in [3.05, 3.63) is 58.9 Å². The van der Waals surface area contributed by atoms with E-state index in [1.165, 1.54) is 0 Å². The van der Waals surface area contributed by atoms with Gasteiger partial charge in [-0.05, 0) is 42.0 Å². The molecule has 2 heterocycles. The Hall–Kier alpha value is -2.53. The molecular formula is C20H21ClIN5O3. The molecular weight excluding hydrogens is 521 g/mol. The van der Waals surface area contributed by atoms with E-state index in [-0.39, 0.29) is 30.8 Å². The molecule has 2 aromatic carbocycles. The number of aliphatic imine (C=N–C) groups is 1. The van der Waals surface area contributed by atoms with Crippen LogP contribution in [0.3, 0.4) is 0 Å². The lowest BCUT2D eigenvalue weighted by atomic mass is 10.2. The van der Waals surface area contributed by atoms with Crippen LogP contribution in [0.15, 0.2) is 52.0 Å². The predicted molar refractivity (Wildman–Crippen MR) is 125 cm³/mol. The van der Waals surface area contributed by atoms with Gasteiger partial charge in [-0.2, -0.15) is 4.98 Å². The lowest BCUT2D eigenvalue weighted by Crippen LogP contribution is -2.37. The van der Waals surface area contributed by atoms with Crippen molar-refractivity contribution >= 4 is 41.5 Å². The quantitative estimate of drug-likeness (QED) is 0.280. The minimum Gasteiger partial charge on any atom is -0.454 e. The fourth-order valence-corrected chi connectivity index (χ4v) is 2.94. The SMILES string of the molecule is CN=C(NCCc1nc(-c2ccc(Cl)cc2)no1)NCc1ccc2c(c1)OCO2.I. The summed E-state index contributed by atoms with van der Waals surface area (Å²) in [6.07, 6.45) is 0.575. The predicted octanol–water partition coefficient (Wildman–Crippen LogP) is 3.64. The van der Waals surface area contributed by atoms with E-state index in [0.717, 1.165) is 22.6 Å². The molecule has 8 nitrogen and oxygen atoms in total. The van der Waals surface area contributed by atoms with Crippen LogP contribution in [0.25, 0.3) is 11.4 Å². The highest BCUT2D eigenvalue weighted by Gasteiger charge is 2.13. The molecule has 158 valence electrons. The van der Waals surface area contributed by atoms with Gasteiger partial charge < -0.3 is 24.6 Å². The van der Waals surface area contributed by atoms with Crippen LogP contribution in [-0.2, 0) is 13.0 Å². The van der Waals surface area contributed by atoms with Gasteiger partial charge in [-0.25, -0.2) is 0 Å². The van der Waals surface area contributed by atoms with Crippen molar-refractivity contribution in [3.63, 3.8) is 0 Å². The molecule has 0 unspecified atom stereocenters. The van der Waals surface area contributed by atoms with Crippen molar-refractivity contribution in [3.8, 4) is 22.9 Å². The molecule has 0 aliphatic carbocycles. The van der Waals surface area contributed by atoms with E-state index >= 15 is 0 Å². The van der Waals surface area contributed by atoms with Crippen LogP contribution >= 0.6 is 35.6 Å². The van der Waals surface area contributed by atoms with Crippen molar-refractivity contribution < 1.29 is 14.0 Å². The molecule has 30 heavy (non-hydrogen) atoms. The highest BCUT2D eigenvalue weighted by atomic mass is 127. The number of halogens is 2. The van der Waals surface area contributed by atoms with E-state index in [9.17, 15) is 0 Å². The summed E-state index contributed by atoms with van der Waals surface area (Å²) in [5.41, 5.74) is 1.93. The second-order valence-corrected chi connectivity index (χ2v) is 6.75. The normalized spacial score (nSPS) is 12.4. The number of guanidine groups is 1. The van der Waals surface area contributed by atoms with Gasteiger partial charge in [0, 0.05) is 37.1 Å². The van der Waals surface area contributed by atoms with Gasteiger partial charge >= 0.3 is 0 Å². The molecule has 0 bridgehead atoms. The van der Waals surface area contributed by atoms with Gasteiger partial charge in [0.15, 0.2) is 17.5 Å². The van der Waals surface area contributed by atoms with E-state index in [1.54, 1.807) is 19.2 Å². The van der Waals surface area contributed by atoms with Crippen LogP contribution in [0, 0.1) is 0 Å². The number of hydrogen-bond donors (Lipinski definition) is 2. The minimum atomic E-state index is 0. The van der Waals surface area contributed by atoms with Crippen molar-refractivity contribution in [1.82, 2.24) is 20.8 Å². The van der Waals surface area contributed by atoms with Gasteiger partial charge in [-0.3, -0.25) is 4.99 Å². The highest BCUT2D eigenvalue weighted by Crippen LogP contribution is 2.32. The molecule has 1 aromatic heterocycles. The van der Waals surface area contributed by atoms with Crippen molar-refractivity contribution in [1.29, 1.82) is 0 Å². The van der Waals surface area contributed by atoms with Crippen LogP contribution in [-0.4, -0.2) is 36.5 Å². The molecule has 0 spiro atoms. The van der Waals surface area contributed by atoms with Crippen molar-refractivity contribution in [2.45, 2.75) is 13.0 Å². The summed E-state index contributed by atoms with van der Waals surface area (Å²) in [6, 6.07) is 13.2. The Kier molecular flexibility index (Phi) is 7.75. The first-order valence-corrected chi connectivity index (χ1v) is 9.50. The standard InChI is InChI=1S/C20H20ClN5O3.HI/c1-22-20(24-11-13-2-7-16-17(10-13)28-12-27-16)23-9-8-18-25-19(26-29-18)14-3-5-15(21)6-4-14;/h2-7,10H,8-9,11-12H2,1H3,(H2,22,23,24);1H. The van der Waals surface area contributed by atoms with Crippen LogP contribution < -0.4 is 20.1 Å². The Morgan fingerprint density at radius 1 is 1.10 bits per heavy atom. The molecule has 0 amide bonds. The zero-order chi connectivity index (χ0) is 20.1. The Morgan fingerprint density at radius 2 is 1.90 bits per heavy atom. The first kappa shape index (κ1) is 22.2. The summed E-state index contributed by atoms with van der Waals surface area (Å²) in [7, 11) is 1.72. The second kappa shape index (κ2) is 10.5. The third-order valence-corrected chi connectivity index (χ3v) is 4.57. The molecule has 4 rings (SSSR count). The molecule has 2 N–H and O–H groups in total. The van der Waals surface area contributed by atoms with Gasteiger partial charge in [0.1, 0.15) is 0 Å².